The van der Waals surface area contributed by atoms with E-state index in [1.807, 2.05) is 0 Å². The Morgan fingerprint density at radius 1 is 0.867 bits per heavy atom. The van der Waals surface area contributed by atoms with E-state index >= 15 is 0 Å². The van der Waals surface area contributed by atoms with Crippen LogP contribution in [0.2, 0.25) is 0 Å². The second-order valence-electron chi connectivity index (χ2n) is 7.24. The number of nitrogens with one attached hydrogen (secondary N) is 2. The molecule has 2 N–H and O–H groups in total. The van der Waals surface area contributed by atoms with Crippen molar-refractivity contribution in [2.75, 3.05) is 5.32 Å². The van der Waals surface area contributed by atoms with E-state index < -0.39 is 12.1 Å². The van der Waals surface area contributed by atoms with Gasteiger partial charge in [-0.25, -0.2) is 4.79 Å². The molecule has 2 amide bonds. The Hall–Kier alpha value is -3.48. The number of rotatable bonds is 8. The second kappa shape index (κ2) is 10.3. The fraction of sp³-hybridized carbons (Fsp3) is 0.304. The third kappa shape index (κ3) is 6.55. The molecule has 0 aromatic heterocycles. The van der Waals surface area contributed by atoms with Gasteiger partial charge in [0.1, 0.15) is 0 Å². The molecule has 0 bridgehead atoms. The molecule has 158 valence electrons. The van der Waals surface area contributed by atoms with Crippen LogP contribution in [0.1, 0.15) is 54.0 Å². The molecule has 2 aromatic carbocycles. The number of hydrogen-bond acceptors (Lipinski definition) is 5. The van der Waals surface area contributed by atoms with Crippen molar-refractivity contribution < 1.29 is 23.9 Å². The van der Waals surface area contributed by atoms with Crippen molar-refractivity contribution in [2.24, 2.45) is 5.92 Å². The zero-order chi connectivity index (χ0) is 22.3. The molecule has 30 heavy (non-hydrogen) atoms. The minimum absolute atomic E-state index is 0.112. The summed E-state index contributed by atoms with van der Waals surface area (Å²) in [4.78, 5) is 47.5. The van der Waals surface area contributed by atoms with E-state index in [2.05, 4.69) is 10.6 Å². The number of benzene rings is 2. The molecule has 1 unspecified atom stereocenters. The van der Waals surface area contributed by atoms with Gasteiger partial charge in [-0.3, -0.25) is 14.4 Å². The smallest absolute Gasteiger partial charge is 0.338 e. The summed E-state index contributed by atoms with van der Waals surface area (Å²) < 4.78 is 5.29. The minimum Gasteiger partial charge on any atom is -0.451 e. The van der Waals surface area contributed by atoms with Crippen LogP contribution in [0.15, 0.2) is 48.5 Å². The third-order valence-electron chi connectivity index (χ3n) is 4.35. The van der Waals surface area contributed by atoms with E-state index in [1.165, 1.54) is 13.8 Å². The van der Waals surface area contributed by atoms with Crippen LogP contribution in [-0.2, 0) is 20.9 Å². The van der Waals surface area contributed by atoms with Gasteiger partial charge in [-0.15, -0.1) is 0 Å². The van der Waals surface area contributed by atoms with Crippen LogP contribution in [0.3, 0.4) is 0 Å². The van der Waals surface area contributed by atoms with Crippen LogP contribution in [0.25, 0.3) is 0 Å². The zero-order valence-electron chi connectivity index (χ0n) is 17.5. The summed E-state index contributed by atoms with van der Waals surface area (Å²) >= 11 is 0. The summed E-state index contributed by atoms with van der Waals surface area (Å²) in [6.45, 7) is 6.89. The Morgan fingerprint density at radius 2 is 1.43 bits per heavy atom. The van der Waals surface area contributed by atoms with E-state index in [0.717, 1.165) is 5.56 Å². The maximum atomic E-state index is 12.6. The van der Waals surface area contributed by atoms with Crippen molar-refractivity contribution >= 4 is 29.3 Å². The number of esters is 1. The quantitative estimate of drug-likeness (QED) is 0.513. The van der Waals surface area contributed by atoms with Crippen molar-refractivity contribution in [1.82, 2.24) is 5.32 Å². The Balaban J connectivity index is 1.95. The lowest BCUT2D eigenvalue weighted by atomic mass is 10.1. The van der Waals surface area contributed by atoms with Gasteiger partial charge in [0, 0.05) is 30.6 Å². The molecule has 2 rings (SSSR count). The minimum atomic E-state index is -0.965. The first-order chi connectivity index (χ1) is 14.2. The molecule has 0 radical (unpaired) electrons. The first-order valence-corrected chi connectivity index (χ1v) is 9.67. The molecule has 7 nitrogen and oxygen atoms in total. The van der Waals surface area contributed by atoms with E-state index in [-0.39, 0.29) is 23.5 Å². The molecule has 1 atom stereocenters. The molecule has 0 fully saturated rings. The fourth-order valence-electron chi connectivity index (χ4n) is 2.51. The molecule has 0 aliphatic heterocycles. The van der Waals surface area contributed by atoms with E-state index in [0.29, 0.717) is 23.4 Å². The molecule has 7 heteroatoms. The normalized spacial score (nSPS) is 11.5. The van der Waals surface area contributed by atoms with Crippen LogP contribution in [0, 0.1) is 5.92 Å². The van der Waals surface area contributed by atoms with Gasteiger partial charge in [-0.05, 0) is 48.9 Å². The SMILES string of the molecule is CC(=O)NCc1ccc(C(=O)OC(C)C(=O)c2ccc(NC(=O)C(C)C)cc2)cc1. The van der Waals surface area contributed by atoms with E-state index in [1.54, 1.807) is 62.4 Å². The van der Waals surface area contributed by atoms with Gasteiger partial charge in [0.15, 0.2) is 6.10 Å². The number of Topliss-reactive ketones (excluding diaryl/α,β-unsaturated/α-hetero) is 1. The average Bonchev–Trinajstić information content (AvgIpc) is 2.72. The molecule has 0 aliphatic rings. The summed E-state index contributed by atoms with van der Waals surface area (Å²) in [5.41, 5.74) is 2.13. The molecular weight excluding hydrogens is 384 g/mol. The molecule has 0 aliphatic carbocycles. The van der Waals surface area contributed by atoms with Crippen LogP contribution in [0.4, 0.5) is 5.69 Å². The Labute approximate surface area is 175 Å². The van der Waals surface area contributed by atoms with Gasteiger partial charge >= 0.3 is 5.97 Å². The van der Waals surface area contributed by atoms with Crippen LogP contribution >= 0.6 is 0 Å². The van der Waals surface area contributed by atoms with Gasteiger partial charge in [0.05, 0.1) is 5.56 Å². The summed E-state index contributed by atoms with van der Waals surface area (Å²) in [6, 6.07) is 13.0. The number of carbonyl (C=O) groups excluding carboxylic acids is 4. The predicted octanol–water partition coefficient (Wildman–Crippen LogP) is 3.35. The van der Waals surface area contributed by atoms with Gasteiger partial charge in [0.2, 0.25) is 17.6 Å². The van der Waals surface area contributed by atoms with Gasteiger partial charge in [0.25, 0.3) is 0 Å². The highest BCUT2D eigenvalue weighted by atomic mass is 16.5. The van der Waals surface area contributed by atoms with Crippen LogP contribution < -0.4 is 10.6 Å². The highest BCUT2D eigenvalue weighted by molar-refractivity contribution is 6.02. The highest BCUT2D eigenvalue weighted by Crippen LogP contribution is 2.15. The molecule has 0 heterocycles. The number of ether oxygens (including phenoxy) is 1. The zero-order valence-corrected chi connectivity index (χ0v) is 17.5. The second-order valence-corrected chi connectivity index (χ2v) is 7.24. The Kier molecular flexibility index (Phi) is 7.86. The van der Waals surface area contributed by atoms with Crippen LogP contribution in [-0.4, -0.2) is 29.7 Å². The van der Waals surface area contributed by atoms with E-state index in [9.17, 15) is 19.2 Å². The maximum Gasteiger partial charge on any atom is 0.338 e. The monoisotopic (exact) mass is 410 g/mol. The van der Waals surface area contributed by atoms with E-state index in [4.69, 9.17) is 4.74 Å². The summed E-state index contributed by atoms with van der Waals surface area (Å²) in [7, 11) is 0. The van der Waals surface area contributed by atoms with Crippen molar-refractivity contribution in [3.05, 3.63) is 65.2 Å². The van der Waals surface area contributed by atoms with Crippen molar-refractivity contribution in [1.29, 1.82) is 0 Å². The van der Waals surface area contributed by atoms with Crippen molar-refractivity contribution in [3.63, 3.8) is 0 Å². The molecule has 0 saturated heterocycles. The highest BCUT2D eigenvalue weighted by Gasteiger charge is 2.20. The lowest BCUT2D eigenvalue weighted by Gasteiger charge is -2.13. The topological polar surface area (TPSA) is 102 Å². The standard InChI is InChI=1S/C23H26N2O5/c1-14(2)22(28)25-20-11-9-18(10-12-20)21(27)15(3)30-23(29)19-7-5-17(6-8-19)13-24-16(4)26/h5-12,14-15H,13H2,1-4H3,(H,24,26)(H,25,28). The Bertz CT molecular complexity index is 918. The Morgan fingerprint density at radius 3 is 1.97 bits per heavy atom. The van der Waals surface area contributed by atoms with Gasteiger partial charge in [-0.2, -0.15) is 0 Å². The number of hydrogen-bond donors (Lipinski definition) is 2. The summed E-state index contributed by atoms with van der Waals surface area (Å²) in [5, 5.41) is 5.42. The molecule has 0 saturated carbocycles. The lowest BCUT2D eigenvalue weighted by Crippen LogP contribution is -2.24. The molecule has 2 aromatic rings. The number of amides is 2. The van der Waals surface area contributed by atoms with Gasteiger partial charge < -0.3 is 15.4 Å². The van der Waals surface area contributed by atoms with Crippen molar-refractivity contribution in [3.8, 4) is 0 Å². The van der Waals surface area contributed by atoms with Crippen molar-refractivity contribution in [2.45, 2.75) is 40.3 Å². The third-order valence-corrected chi connectivity index (χ3v) is 4.35. The number of anilines is 1. The molecular formula is C23H26N2O5. The predicted molar refractivity (Wildman–Crippen MR) is 113 cm³/mol. The first-order valence-electron chi connectivity index (χ1n) is 9.67. The number of ketones is 1. The summed E-state index contributed by atoms with van der Waals surface area (Å²) in [6.07, 6.45) is -0.965. The lowest BCUT2D eigenvalue weighted by molar-refractivity contribution is -0.119. The largest absolute Gasteiger partial charge is 0.451 e. The van der Waals surface area contributed by atoms with Gasteiger partial charge in [-0.1, -0.05) is 26.0 Å². The number of carbonyl (C=O) groups is 4. The maximum absolute atomic E-state index is 12.6. The molecule has 0 spiro atoms. The van der Waals surface area contributed by atoms with Crippen LogP contribution in [0.5, 0.6) is 0 Å². The average molecular weight is 410 g/mol. The fourth-order valence-corrected chi connectivity index (χ4v) is 2.51. The first kappa shape index (κ1) is 22.8. The summed E-state index contributed by atoms with van der Waals surface area (Å²) in [5.74, 6) is -1.35.